The monoisotopic (exact) mass is 259 g/mol. The van der Waals surface area contributed by atoms with Crippen LogP contribution in [0, 0.1) is 0 Å². The third kappa shape index (κ3) is 4.54. The Balaban J connectivity index is 2.66. The first-order chi connectivity index (χ1) is 8.52. The number of halogens is 2. The number of aliphatic hydroxyl groups is 1. The van der Waals surface area contributed by atoms with Crippen LogP contribution in [0.2, 0.25) is 0 Å². The molecule has 0 aromatic heterocycles. The van der Waals surface area contributed by atoms with Gasteiger partial charge in [0, 0.05) is 17.9 Å². The van der Waals surface area contributed by atoms with Crippen molar-refractivity contribution < 1.29 is 18.7 Å². The highest BCUT2D eigenvalue weighted by molar-refractivity contribution is 5.89. The van der Waals surface area contributed by atoms with E-state index in [9.17, 15) is 13.6 Å². The largest absolute Gasteiger partial charge is 0.399 e. The molecule has 1 aromatic carbocycles. The predicted octanol–water partition coefficient (Wildman–Crippen LogP) is 1.36. The van der Waals surface area contributed by atoms with Gasteiger partial charge >= 0.3 is 6.03 Å². The molecule has 0 radical (unpaired) electrons. The molecule has 0 aliphatic rings. The molecule has 0 aliphatic heterocycles. The van der Waals surface area contributed by atoms with Crippen molar-refractivity contribution in [3.05, 3.63) is 24.3 Å². The quantitative estimate of drug-likeness (QED) is 0.698. The lowest BCUT2D eigenvalue weighted by molar-refractivity contribution is 0.0943. The summed E-state index contributed by atoms with van der Waals surface area (Å²) in [6.07, 6.45) is -2.65. The van der Waals surface area contributed by atoms with Crippen molar-refractivity contribution in [2.24, 2.45) is 0 Å². The number of hydrogen-bond acceptors (Lipinski definition) is 3. The number of carbonyl (C=O) groups is 1. The van der Waals surface area contributed by atoms with Crippen molar-refractivity contribution in [1.82, 2.24) is 4.90 Å². The molecule has 0 fully saturated rings. The average Bonchev–Trinajstić information content (AvgIpc) is 2.27. The SMILES string of the molecule is Nc1cccc(NC(=O)N(CCO)CC(F)F)c1. The van der Waals surface area contributed by atoms with E-state index in [2.05, 4.69) is 5.32 Å². The van der Waals surface area contributed by atoms with Crippen molar-refractivity contribution in [2.75, 3.05) is 30.7 Å². The number of benzene rings is 1. The van der Waals surface area contributed by atoms with Crippen LogP contribution in [0.1, 0.15) is 0 Å². The van der Waals surface area contributed by atoms with Gasteiger partial charge in [-0.3, -0.25) is 0 Å². The summed E-state index contributed by atoms with van der Waals surface area (Å²) in [5.74, 6) is 0. The van der Waals surface area contributed by atoms with Crippen LogP contribution in [0.3, 0.4) is 0 Å². The van der Waals surface area contributed by atoms with Crippen molar-refractivity contribution in [3.63, 3.8) is 0 Å². The molecule has 0 saturated heterocycles. The van der Waals surface area contributed by atoms with Gasteiger partial charge in [-0.1, -0.05) is 6.07 Å². The fourth-order valence-electron chi connectivity index (χ4n) is 1.38. The maximum absolute atomic E-state index is 12.2. The van der Waals surface area contributed by atoms with E-state index in [1.807, 2.05) is 0 Å². The summed E-state index contributed by atoms with van der Waals surface area (Å²) in [6.45, 7) is -1.26. The number of amides is 2. The highest BCUT2D eigenvalue weighted by Gasteiger charge is 2.17. The third-order valence-corrected chi connectivity index (χ3v) is 2.15. The van der Waals surface area contributed by atoms with E-state index in [0.717, 1.165) is 4.90 Å². The number of carbonyl (C=O) groups excluding carboxylic acids is 1. The van der Waals surface area contributed by atoms with Crippen LogP contribution in [0.15, 0.2) is 24.3 Å². The van der Waals surface area contributed by atoms with Gasteiger partial charge in [-0.25, -0.2) is 13.6 Å². The summed E-state index contributed by atoms with van der Waals surface area (Å²) in [7, 11) is 0. The molecular weight excluding hydrogens is 244 g/mol. The van der Waals surface area contributed by atoms with Crippen molar-refractivity contribution >= 4 is 17.4 Å². The Kier molecular flexibility index (Phi) is 5.31. The van der Waals surface area contributed by atoms with Gasteiger partial charge in [0.1, 0.15) is 0 Å². The third-order valence-electron chi connectivity index (χ3n) is 2.15. The molecule has 5 nitrogen and oxygen atoms in total. The van der Waals surface area contributed by atoms with Gasteiger partial charge in [0.2, 0.25) is 0 Å². The molecule has 0 saturated carbocycles. The maximum Gasteiger partial charge on any atom is 0.322 e. The van der Waals surface area contributed by atoms with Crippen LogP contribution >= 0.6 is 0 Å². The molecule has 0 heterocycles. The fourth-order valence-corrected chi connectivity index (χ4v) is 1.38. The Labute approximate surface area is 103 Å². The molecule has 0 unspecified atom stereocenters. The zero-order valence-corrected chi connectivity index (χ0v) is 9.64. The van der Waals surface area contributed by atoms with Crippen LogP contribution in [0.5, 0.6) is 0 Å². The van der Waals surface area contributed by atoms with Crippen molar-refractivity contribution in [3.8, 4) is 0 Å². The Hall–Kier alpha value is -1.89. The number of rotatable bonds is 5. The summed E-state index contributed by atoms with van der Waals surface area (Å²) in [4.78, 5) is 12.5. The number of nitrogens with zero attached hydrogens (tertiary/aromatic N) is 1. The number of anilines is 2. The predicted molar refractivity (Wildman–Crippen MR) is 64.5 cm³/mol. The number of urea groups is 1. The zero-order valence-electron chi connectivity index (χ0n) is 9.64. The first-order valence-corrected chi connectivity index (χ1v) is 5.33. The molecule has 100 valence electrons. The molecule has 7 heteroatoms. The molecule has 1 aromatic rings. The van der Waals surface area contributed by atoms with Gasteiger partial charge in [0.15, 0.2) is 0 Å². The Morgan fingerprint density at radius 2 is 2.22 bits per heavy atom. The Morgan fingerprint density at radius 3 is 2.78 bits per heavy atom. The molecular formula is C11H15F2N3O2. The summed E-state index contributed by atoms with van der Waals surface area (Å²) in [5.41, 5.74) is 6.39. The standard InChI is InChI=1S/C11H15F2N3O2/c12-10(13)7-16(4-5-17)11(18)15-9-3-1-2-8(14)6-9/h1-3,6,10,17H,4-5,7,14H2,(H,15,18). The number of hydrogen-bond donors (Lipinski definition) is 3. The van der Waals surface area contributed by atoms with E-state index in [-0.39, 0.29) is 13.2 Å². The first-order valence-electron chi connectivity index (χ1n) is 5.33. The van der Waals surface area contributed by atoms with Crippen LogP contribution in [0.25, 0.3) is 0 Å². The summed E-state index contributed by atoms with van der Waals surface area (Å²) in [5, 5.41) is 11.2. The van der Waals surface area contributed by atoms with E-state index >= 15 is 0 Å². The number of nitrogens with one attached hydrogen (secondary N) is 1. The average molecular weight is 259 g/mol. The number of nitrogen functional groups attached to an aromatic ring is 1. The molecule has 2 amide bonds. The Bertz CT molecular complexity index is 402. The van der Waals surface area contributed by atoms with Gasteiger partial charge in [0.25, 0.3) is 6.43 Å². The number of alkyl halides is 2. The first kappa shape index (κ1) is 14.2. The van der Waals surface area contributed by atoms with E-state index in [1.165, 1.54) is 6.07 Å². The van der Waals surface area contributed by atoms with Crippen molar-refractivity contribution in [2.45, 2.75) is 6.43 Å². The topological polar surface area (TPSA) is 78.6 Å². The molecule has 0 spiro atoms. The van der Waals surface area contributed by atoms with Gasteiger partial charge in [-0.05, 0) is 18.2 Å². The minimum atomic E-state index is -2.65. The van der Waals surface area contributed by atoms with Gasteiger partial charge < -0.3 is 21.1 Å². The maximum atomic E-state index is 12.2. The molecule has 18 heavy (non-hydrogen) atoms. The van der Waals surface area contributed by atoms with Crippen LogP contribution in [-0.2, 0) is 0 Å². The lowest BCUT2D eigenvalue weighted by atomic mass is 10.3. The Morgan fingerprint density at radius 1 is 1.50 bits per heavy atom. The molecule has 0 atom stereocenters. The fraction of sp³-hybridized carbons (Fsp3) is 0.364. The second-order valence-electron chi connectivity index (χ2n) is 3.62. The summed E-state index contributed by atoms with van der Waals surface area (Å²) < 4.78 is 24.5. The van der Waals surface area contributed by atoms with Gasteiger partial charge in [-0.15, -0.1) is 0 Å². The van der Waals surface area contributed by atoms with Crippen LogP contribution in [0.4, 0.5) is 25.0 Å². The highest BCUT2D eigenvalue weighted by atomic mass is 19.3. The van der Waals surface area contributed by atoms with Gasteiger partial charge in [0.05, 0.1) is 13.2 Å². The van der Waals surface area contributed by atoms with E-state index in [1.54, 1.807) is 18.2 Å². The van der Waals surface area contributed by atoms with Crippen LogP contribution in [-0.4, -0.2) is 42.2 Å². The van der Waals surface area contributed by atoms with Crippen molar-refractivity contribution in [1.29, 1.82) is 0 Å². The van der Waals surface area contributed by atoms with Gasteiger partial charge in [-0.2, -0.15) is 0 Å². The van der Waals surface area contributed by atoms with E-state index in [4.69, 9.17) is 10.8 Å². The summed E-state index contributed by atoms with van der Waals surface area (Å²) >= 11 is 0. The second-order valence-corrected chi connectivity index (χ2v) is 3.62. The number of nitrogens with two attached hydrogens (primary N) is 1. The smallest absolute Gasteiger partial charge is 0.322 e. The highest BCUT2D eigenvalue weighted by Crippen LogP contribution is 2.12. The zero-order chi connectivity index (χ0) is 13.5. The molecule has 1 rings (SSSR count). The minimum absolute atomic E-state index is 0.154. The molecule has 4 N–H and O–H groups in total. The number of aliphatic hydroxyl groups excluding tert-OH is 1. The van der Waals surface area contributed by atoms with E-state index in [0.29, 0.717) is 11.4 Å². The molecule has 0 bridgehead atoms. The second kappa shape index (κ2) is 6.75. The van der Waals surface area contributed by atoms with E-state index < -0.39 is 19.0 Å². The van der Waals surface area contributed by atoms with Crippen LogP contribution < -0.4 is 11.1 Å². The minimum Gasteiger partial charge on any atom is -0.399 e. The normalized spacial score (nSPS) is 10.4. The lowest BCUT2D eigenvalue weighted by Crippen LogP contribution is -2.40. The summed E-state index contributed by atoms with van der Waals surface area (Å²) in [6, 6.07) is 5.68. The lowest BCUT2D eigenvalue weighted by Gasteiger charge is -2.21. The molecule has 0 aliphatic carbocycles.